The van der Waals surface area contributed by atoms with Gasteiger partial charge < -0.3 is 20.7 Å². The van der Waals surface area contributed by atoms with Crippen molar-refractivity contribution in [1.29, 1.82) is 0 Å². The Labute approximate surface area is 126 Å². The third-order valence-electron chi connectivity index (χ3n) is 3.70. The zero-order valence-electron chi connectivity index (χ0n) is 13.1. The van der Waals surface area contributed by atoms with E-state index in [1.54, 1.807) is 6.07 Å². The highest BCUT2D eigenvalue weighted by molar-refractivity contribution is 5.97. The van der Waals surface area contributed by atoms with Crippen LogP contribution in [0.3, 0.4) is 0 Å². The van der Waals surface area contributed by atoms with Crippen LogP contribution in [0.2, 0.25) is 0 Å². The maximum absolute atomic E-state index is 11.5. The number of hydrogen-bond donors (Lipinski definition) is 2. The summed E-state index contributed by atoms with van der Waals surface area (Å²) in [5.74, 6) is 0.522. The number of nitrogen functional groups attached to an aromatic ring is 1. The van der Waals surface area contributed by atoms with Gasteiger partial charge in [0.25, 0.3) is 5.91 Å². The van der Waals surface area contributed by atoms with Crippen LogP contribution in [-0.4, -0.2) is 25.1 Å². The molecule has 0 aromatic heterocycles. The molecule has 1 aliphatic heterocycles. The fourth-order valence-electron chi connectivity index (χ4n) is 2.57. The van der Waals surface area contributed by atoms with Gasteiger partial charge in [-0.25, -0.2) is 0 Å². The second-order valence-electron chi connectivity index (χ2n) is 5.74. The average molecular weight is 291 g/mol. The van der Waals surface area contributed by atoms with Crippen LogP contribution < -0.4 is 20.7 Å². The molecule has 0 atom stereocenters. The minimum atomic E-state index is -0.125. The summed E-state index contributed by atoms with van der Waals surface area (Å²) >= 11 is 0. The number of benzene rings is 1. The van der Waals surface area contributed by atoms with E-state index in [9.17, 15) is 4.79 Å². The van der Waals surface area contributed by atoms with E-state index in [2.05, 4.69) is 31.0 Å². The second kappa shape index (κ2) is 6.70. The van der Waals surface area contributed by atoms with Crippen LogP contribution in [-0.2, 0) is 4.79 Å². The summed E-state index contributed by atoms with van der Waals surface area (Å²) in [6, 6.07) is 4.08. The topological polar surface area (TPSA) is 67.6 Å². The first kappa shape index (κ1) is 15.5. The van der Waals surface area contributed by atoms with Crippen molar-refractivity contribution in [2.24, 2.45) is 0 Å². The van der Waals surface area contributed by atoms with Crippen LogP contribution in [0.25, 0.3) is 0 Å². The number of nitrogens with one attached hydrogen (secondary N) is 1. The van der Waals surface area contributed by atoms with E-state index < -0.39 is 0 Å². The van der Waals surface area contributed by atoms with E-state index in [-0.39, 0.29) is 12.5 Å². The van der Waals surface area contributed by atoms with Crippen molar-refractivity contribution >= 4 is 23.0 Å². The lowest BCUT2D eigenvalue weighted by molar-refractivity contribution is -0.118. The van der Waals surface area contributed by atoms with E-state index in [4.69, 9.17) is 10.5 Å². The van der Waals surface area contributed by atoms with Crippen LogP contribution in [0.1, 0.15) is 40.0 Å². The van der Waals surface area contributed by atoms with Gasteiger partial charge in [0.1, 0.15) is 5.75 Å². The molecule has 1 heterocycles. The van der Waals surface area contributed by atoms with Gasteiger partial charge in [0, 0.05) is 18.7 Å². The van der Waals surface area contributed by atoms with Gasteiger partial charge in [-0.15, -0.1) is 0 Å². The molecule has 3 N–H and O–H groups in total. The van der Waals surface area contributed by atoms with E-state index in [1.807, 2.05) is 6.07 Å². The Morgan fingerprint density at radius 1 is 1.38 bits per heavy atom. The number of nitrogens with zero attached hydrogens (tertiary/aromatic N) is 1. The summed E-state index contributed by atoms with van der Waals surface area (Å²) in [6.07, 6.45) is 3.53. The first-order valence-corrected chi connectivity index (χ1v) is 7.65. The van der Waals surface area contributed by atoms with Crippen molar-refractivity contribution in [3.8, 4) is 5.75 Å². The Morgan fingerprint density at radius 3 is 2.81 bits per heavy atom. The summed E-state index contributed by atoms with van der Waals surface area (Å²) in [7, 11) is 0. The number of fused-ring (bicyclic) bond motifs is 1. The molecule has 0 spiro atoms. The summed E-state index contributed by atoms with van der Waals surface area (Å²) in [5, 5.41) is 2.84. The first-order valence-electron chi connectivity index (χ1n) is 7.65. The molecule has 0 saturated heterocycles. The number of carbonyl (C=O) groups excluding carboxylic acids is 1. The molecular weight excluding hydrogens is 266 g/mol. The third kappa shape index (κ3) is 3.60. The molecule has 0 bridgehead atoms. The summed E-state index contributed by atoms with van der Waals surface area (Å²) in [4.78, 5) is 13.7. The first-order chi connectivity index (χ1) is 10.0. The van der Waals surface area contributed by atoms with Gasteiger partial charge in [-0.2, -0.15) is 0 Å². The predicted molar refractivity (Wildman–Crippen MR) is 87.0 cm³/mol. The van der Waals surface area contributed by atoms with Crippen LogP contribution in [0, 0.1) is 0 Å². The molecule has 21 heavy (non-hydrogen) atoms. The largest absolute Gasteiger partial charge is 0.482 e. The quantitative estimate of drug-likeness (QED) is 0.624. The Hall–Kier alpha value is -1.91. The molecule has 0 unspecified atom stereocenters. The summed E-state index contributed by atoms with van der Waals surface area (Å²) in [6.45, 7) is 7.51. The Morgan fingerprint density at radius 2 is 2.14 bits per heavy atom. The molecule has 0 fully saturated rings. The lowest BCUT2D eigenvalue weighted by Gasteiger charge is -2.31. The van der Waals surface area contributed by atoms with Crippen molar-refractivity contribution in [3.05, 3.63) is 12.1 Å². The Bertz CT molecular complexity index is 514. The molecule has 116 valence electrons. The maximum Gasteiger partial charge on any atom is 0.262 e. The fourth-order valence-corrected chi connectivity index (χ4v) is 2.57. The lowest BCUT2D eigenvalue weighted by atomic mass is 10.1. The van der Waals surface area contributed by atoms with Crippen molar-refractivity contribution in [3.63, 3.8) is 0 Å². The van der Waals surface area contributed by atoms with E-state index in [1.165, 1.54) is 12.8 Å². The highest BCUT2D eigenvalue weighted by atomic mass is 16.5. The molecule has 2 rings (SSSR count). The average Bonchev–Trinajstić information content (AvgIpc) is 2.43. The van der Waals surface area contributed by atoms with Crippen LogP contribution in [0.4, 0.5) is 17.1 Å². The Balaban J connectivity index is 2.27. The monoisotopic (exact) mass is 291 g/mol. The third-order valence-corrected chi connectivity index (χ3v) is 3.70. The zero-order chi connectivity index (χ0) is 15.4. The zero-order valence-corrected chi connectivity index (χ0v) is 13.1. The van der Waals surface area contributed by atoms with Gasteiger partial charge in [0.15, 0.2) is 6.61 Å². The molecule has 0 aliphatic carbocycles. The van der Waals surface area contributed by atoms with E-state index >= 15 is 0 Å². The smallest absolute Gasteiger partial charge is 0.262 e. The fraction of sp³-hybridized carbons (Fsp3) is 0.562. The number of ether oxygens (including phenoxy) is 1. The number of anilines is 3. The number of unbranched alkanes of at least 4 members (excludes halogenated alkanes) is 2. The molecular formula is C16H25N3O2. The summed E-state index contributed by atoms with van der Waals surface area (Å²) in [5.41, 5.74) is 8.55. The highest BCUT2D eigenvalue weighted by Gasteiger charge is 2.21. The summed E-state index contributed by atoms with van der Waals surface area (Å²) < 4.78 is 5.40. The minimum Gasteiger partial charge on any atom is -0.482 e. The molecule has 5 heteroatoms. The van der Waals surface area contributed by atoms with Crippen molar-refractivity contribution < 1.29 is 9.53 Å². The van der Waals surface area contributed by atoms with Gasteiger partial charge >= 0.3 is 0 Å². The van der Waals surface area contributed by atoms with Gasteiger partial charge in [-0.1, -0.05) is 19.8 Å². The predicted octanol–water partition coefficient (Wildman–Crippen LogP) is 3.00. The van der Waals surface area contributed by atoms with E-state index in [0.29, 0.717) is 23.2 Å². The normalized spacial score (nSPS) is 13.6. The molecule has 1 aromatic rings. The SMILES string of the molecule is CCCCCN(c1cc2c(cc1N)OCC(=O)N2)C(C)C. The van der Waals surface area contributed by atoms with E-state index in [0.717, 1.165) is 18.7 Å². The number of amides is 1. The molecule has 1 aliphatic rings. The number of nitrogens with two attached hydrogens (primary N) is 1. The molecule has 1 amide bonds. The van der Waals surface area contributed by atoms with Crippen molar-refractivity contribution in [2.45, 2.75) is 46.1 Å². The Kier molecular flexibility index (Phi) is 4.94. The lowest BCUT2D eigenvalue weighted by Crippen LogP contribution is -2.33. The maximum atomic E-state index is 11.5. The molecule has 1 aromatic carbocycles. The van der Waals surface area contributed by atoms with Crippen molar-refractivity contribution in [2.75, 3.05) is 29.1 Å². The van der Waals surface area contributed by atoms with Crippen LogP contribution in [0.15, 0.2) is 12.1 Å². The van der Waals surface area contributed by atoms with Crippen molar-refractivity contribution in [1.82, 2.24) is 0 Å². The van der Waals surface area contributed by atoms with Crippen LogP contribution >= 0.6 is 0 Å². The molecule has 0 radical (unpaired) electrons. The minimum absolute atomic E-state index is 0.0518. The standard InChI is InChI=1S/C16H25N3O2/c1-4-5-6-7-19(11(2)3)14-9-13-15(8-12(14)17)21-10-16(20)18-13/h8-9,11H,4-7,10,17H2,1-3H3,(H,18,20). The van der Waals surface area contributed by atoms with Gasteiger partial charge in [0.05, 0.1) is 17.1 Å². The molecule has 5 nitrogen and oxygen atoms in total. The number of hydrogen-bond acceptors (Lipinski definition) is 4. The highest BCUT2D eigenvalue weighted by Crippen LogP contribution is 2.37. The number of rotatable bonds is 6. The molecule has 0 saturated carbocycles. The van der Waals surface area contributed by atoms with Gasteiger partial charge in [0.2, 0.25) is 0 Å². The van der Waals surface area contributed by atoms with Crippen LogP contribution in [0.5, 0.6) is 5.75 Å². The second-order valence-corrected chi connectivity index (χ2v) is 5.74. The number of carbonyl (C=O) groups is 1. The van der Waals surface area contributed by atoms with Gasteiger partial charge in [-0.05, 0) is 26.3 Å². The van der Waals surface area contributed by atoms with Gasteiger partial charge in [-0.3, -0.25) is 4.79 Å².